The average molecular weight is 846 g/mol. The summed E-state index contributed by atoms with van der Waals surface area (Å²) in [7, 11) is -3.84. The van der Waals surface area contributed by atoms with Crippen LogP contribution in [0.3, 0.4) is 0 Å². The third kappa shape index (κ3) is 29.2. The first-order valence-corrected chi connectivity index (χ1v) is 22.4. The number of H-pyrrole nitrogens is 1. The van der Waals surface area contributed by atoms with Gasteiger partial charge in [0, 0.05) is 38.6 Å². The smallest absolute Gasteiger partial charge is 0.326 e. The molecule has 1 rings (SSSR count). The van der Waals surface area contributed by atoms with Gasteiger partial charge in [-0.2, -0.15) is 5.21 Å². The highest BCUT2D eigenvalue weighted by molar-refractivity contribution is 7.90. The standard InChI is InChI=1S/C38H67N7O12S/c1-2-17-32(38(52)53)40-35(48)22-21-30(37(50)51)28-31(46)29-57-26-25-56-24-23-39-34(47)20-16-27-58(54,55)43-36(49)19-15-13-11-9-7-5-3-4-6-8-10-12-14-18-33-41-44-45-42-33/h30,32H,2-29H2,1H3,(H,39,47)(H,40,48)(H,43,49)(H,50,51)(H,52,53)(H,41,42,44,45)/t30-,32?/m1/s1. The number of hydrogen-bond acceptors (Lipinski definition) is 13. The number of amides is 3. The molecule has 0 saturated carbocycles. The molecular weight excluding hydrogens is 779 g/mol. The molecular formula is C38H67N7O12S. The number of carbonyl (C=O) groups is 6. The predicted molar refractivity (Wildman–Crippen MR) is 213 cm³/mol. The maximum Gasteiger partial charge on any atom is 0.326 e. The van der Waals surface area contributed by atoms with E-state index in [1.807, 2.05) is 0 Å². The van der Waals surface area contributed by atoms with Gasteiger partial charge in [0.1, 0.15) is 12.6 Å². The van der Waals surface area contributed by atoms with Crippen molar-refractivity contribution < 1.29 is 56.9 Å². The van der Waals surface area contributed by atoms with Crippen molar-refractivity contribution in [2.45, 2.75) is 154 Å². The molecule has 0 aliphatic carbocycles. The molecule has 0 bridgehead atoms. The average Bonchev–Trinajstić information content (AvgIpc) is 3.69. The lowest BCUT2D eigenvalue weighted by atomic mass is 9.97. The van der Waals surface area contributed by atoms with E-state index in [9.17, 15) is 42.3 Å². The first-order valence-electron chi connectivity index (χ1n) is 20.8. The Morgan fingerprint density at radius 1 is 0.707 bits per heavy atom. The second kappa shape index (κ2) is 32.9. The van der Waals surface area contributed by atoms with E-state index in [-0.39, 0.29) is 89.6 Å². The number of unbranched alkanes of at least 4 members (excludes halogenated alkanes) is 12. The number of carboxylic acid groups (broad SMARTS) is 2. The summed E-state index contributed by atoms with van der Waals surface area (Å²) in [6.07, 6.45) is 15.5. The molecule has 2 atom stereocenters. The highest BCUT2D eigenvalue weighted by Gasteiger charge is 2.24. The number of ketones is 1. The molecule has 0 fully saturated rings. The van der Waals surface area contributed by atoms with Crippen molar-refractivity contribution in [3.05, 3.63) is 5.82 Å². The number of Topliss-reactive ketones (excluding diaryl/α,β-unsaturated/α-hetero) is 1. The summed E-state index contributed by atoms with van der Waals surface area (Å²) in [5.41, 5.74) is 0. The Hall–Kier alpha value is -4.04. The number of carboxylic acids is 2. The van der Waals surface area contributed by atoms with Gasteiger partial charge in [0.15, 0.2) is 11.6 Å². The van der Waals surface area contributed by atoms with Crippen molar-refractivity contribution in [1.29, 1.82) is 0 Å². The third-order valence-electron chi connectivity index (χ3n) is 9.24. The van der Waals surface area contributed by atoms with Crippen LogP contribution in [0.2, 0.25) is 0 Å². The predicted octanol–water partition coefficient (Wildman–Crippen LogP) is 3.39. The molecule has 0 spiro atoms. The van der Waals surface area contributed by atoms with Crippen molar-refractivity contribution in [3.63, 3.8) is 0 Å². The maximum absolute atomic E-state index is 12.3. The van der Waals surface area contributed by atoms with Gasteiger partial charge in [-0.15, -0.1) is 10.2 Å². The summed E-state index contributed by atoms with van der Waals surface area (Å²) in [6, 6.07) is -1.05. The van der Waals surface area contributed by atoms with Crippen LogP contribution in [0, 0.1) is 5.92 Å². The van der Waals surface area contributed by atoms with E-state index < -0.39 is 51.5 Å². The Morgan fingerprint density at radius 2 is 1.31 bits per heavy atom. The number of ether oxygens (including phenoxy) is 2. The third-order valence-corrected chi connectivity index (χ3v) is 10.6. The summed E-state index contributed by atoms with van der Waals surface area (Å²) in [4.78, 5) is 71.2. The van der Waals surface area contributed by atoms with E-state index in [4.69, 9.17) is 14.6 Å². The first-order chi connectivity index (χ1) is 27.8. The van der Waals surface area contributed by atoms with Gasteiger partial charge in [-0.3, -0.25) is 28.7 Å². The van der Waals surface area contributed by atoms with Crippen molar-refractivity contribution in [1.82, 2.24) is 36.0 Å². The number of aromatic amines is 1. The molecule has 1 aromatic rings. The van der Waals surface area contributed by atoms with Crippen LogP contribution >= 0.6 is 0 Å². The second-order valence-electron chi connectivity index (χ2n) is 14.5. The monoisotopic (exact) mass is 845 g/mol. The van der Waals surface area contributed by atoms with Crippen LogP contribution in [0.5, 0.6) is 0 Å². The van der Waals surface area contributed by atoms with E-state index in [2.05, 4.69) is 36.0 Å². The van der Waals surface area contributed by atoms with Gasteiger partial charge in [-0.1, -0.05) is 89.2 Å². The molecule has 20 heteroatoms. The van der Waals surface area contributed by atoms with Gasteiger partial charge in [0.05, 0.1) is 31.5 Å². The minimum Gasteiger partial charge on any atom is -0.481 e. The number of sulfonamides is 1. The van der Waals surface area contributed by atoms with Crippen LogP contribution in [0.15, 0.2) is 0 Å². The summed E-state index contributed by atoms with van der Waals surface area (Å²) in [6.45, 7) is 1.84. The SMILES string of the molecule is CCCC(NC(=O)CC[C@H](CC(=O)COCCOCCNC(=O)CCCS(=O)(=O)NC(=O)CCCCCCCCCCCCCCCc1nn[nH]n1)C(=O)O)C(=O)O. The zero-order valence-corrected chi connectivity index (χ0v) is 35.0. The zero-order chi connectivity index (χ0) is 42.9. The number of nitrogens with one attached hydrogen (secondary N) is 4. The molecule has 0 aromatic carbocycles. The zero-order valence-electron chi connectivity index (χ0n) is 34.2. The summed E-state index contributed by atoms with van der Waals surface area (Å²) in [5.74, 6) is -5.11. The molecule has 58 heavy (non-hydrogen) atoms. The van der Waals surface area contributed by atoms with Crippen molar-refractivity contribution in [2.24, 2.45) is 5.92 Å². The fourth-order valence-corrected chi connectivity index (χ4v) is 7.10. The number of aromatic nitrogens is 4. The molecule has 3 amide bonds. The van der Waals surface area contributed by atoms with E-state index in [0.29, 0.717) is 12.8 Å². The molecule has 19 nitrogen and oxygen atoms in total. The van der Waals surface area contributed by atoms with Crippen LogP contribution in [-0.4, -0.2) is 119 Å². The van der Waals surface area contributed by atoms with Crippen LogP contribution in [0.4, 0.5) is 0 Å². The number of rotatable bonds is 39. The Bertz CT molecular complexity index is 1430. The summed E-state index contributed by atoms with van der Waals surface area (Å²) >= 11 is 0. The van der Waals surface area contributed by atoms with Crippen molar-refractivity contribution in [3.8, 4) is 0 Å². The molecule has 332 valence electrons. The topological polar surface area (TPSA) is 286 Å². The van der Waals surface area contributed by atoms with E-state index >= 15 is 0 Å². The maximum atomic E-state index is 12.3. The van der Waals surface area contributed by atoms with Crippen LogP contribution in [-0.2, 0) is 54.7 Å². The minimum atomic E-state index is -3.84. The van der Waals surface area contributed by atoms with Gasteiger partial charge in [0.2, 0.25) is 27.7 Å². The highest BCUT2D eigenvalue weighted by atomic mass is 32.2. The summed E-state index contributed by atoms with van der Waals surface area (Å²) in [5, 5.41) is 37.5. The largest absolute Gasteiger partial charge is 0.481 e. The van der Waals surface area contributed by atoms with Gasteiger partial charge in [-0.05, 0) is 32.1 Å². The number of tetrazole rings is 1. The molecule has 0 aliphatic heterocycles. The van der Waals surface area contributed by atoms with E-state index in [0.717, 1.165) is 44.3 Å². The second-order valence-corrected chi connectivity index (χ2v) is 16.3. The molecule has 1 heterocycles. The number of carbonyl (C=O) groups excluding carboxylic acids is 4. The Labute approximate surface area is 342 Å². The molecule has 6 N–H and O–H groups in total. The van der Waals surface area contributed by atoms with Gasteiger partial charge in [-0.25, -0.2) is 13.2 Å². The quantitative estimate of drug-likeness (QED) is 0.0518. The highest BCUT2D eigenvalue weighted by Crippen LogP contribution is 2.15. The Balaban J connectivity index is 1.98. The van der Waals surface area contributed by atoms with Crippen LogP contribution in [0.25, 0.3) is 0 Å². The summed E-state index contributed by atoms with van der Waals surface area (Å²) < 4.78 is 37.2. The Morgan fingerprint density at radius 3 is 1.90 bits per heavy atom. The minimum absolute atomic E-state index is 0.0330. The van der Waals surface area contributed by atoms with Crippen molar-refractivity contribution in [2.75, 3.05) is 38.7 Å². The number of aryl methyl sites for hydroxylation is 1. The molecule has 1 unspecified atom stereocenters. The Kier molecular flexibility index (Phi) is 29.5. The van der Waals surface area contributed by atoms with Crippen molar-refractivity contribution >= 4 is 45.5 Å². The lowest BCUT2D eigenvalue weighted by molar-refractivity contribution is -0.145. The fraction of sp³-hybridized carbons (Fsp3) is 0.816. The number of hydrogen-bond donors (Lipinski definition) is 6. The first kappa shape index (κ1) is 52.0. The fourth-order valence-electron chi connectivity index (χ4n) is 6.02. The van der Waals surface area contributed by atoms with Gasteiger partial charge < -0.3 is 30.3 Å². The van der Waals surface area contributed by atoms with E-state index in [1.54, 1.807) is 6.92 Å². The van der Waals surface area contributed by atoms with E-state index in [1.165, 1.54) is 44.9 Å². The van der Waals surface area contributed by atoms with Crippen LogP contribution in [0.1, 0.15) is 148 Å². The molecule has 0 saturated heterocycles. The number of aliphatic carboxylic acids is 2. The molecule has 0 radical (unpaired) electrons. The number of nitrogens with zero attached hydrogens (tertiary/aromatic N) is 3. The molecule has 0 aliphatic rings. The van der Waals surface area contributed by atoms with Gasteiger partial charge >= 0.3 is 11.9 Å². The lowest BCUT2D eigenvalue weighted by Gasteiger charge is -2.15. The van der Waals surface area contributed by atoms with Gasteiger partial charge in [0.25, 0.3) is 0 Å². The van der Waals surface area contributed by atoms with Crippen LogP contribution < -0.4 is 15.4 Å². The lowest BCUT2D eigenvalue weighted by Crippen LogP contribution is -2.40. The normalized spacial score (nSPS) is 12.4. The molecule has 1 aromatic heterocycles.